The van der Waals surface area contributed by atoms with Gasteiger partial charge in [0.05, 0.1) is 16.9 Å². The Bertz CT molecular complexity index is 594. The first-order chi connectivity index (χ1) is 9.72. The molecule has 0 saturated heterocycles. The number of hydrogen-bond donors (Lipinski definition) is 0. The second-order valence-electron chi connectivity index (χ2n) is 6.11. The fourth-order valence-electron chi connectivity index (χ4n) is 3.57. The van der Waals surface area contributed by atoms with E-state index in [0.29, 0.717) is 11.9 Å². The van der Waals surface area contributed by atoms with Crippen LogP contribution in [0.2, 0.25) is 0 Å². The third-order valence-electron chi connectivity index (χ3n) is 4.80. The molecule has 2 aromatic rings. The fraction of sp³-hybridized carbons (Fsp3) is 0.588. The van der Waals surface area contributed by atoms with E-state index in [1.165, 1.54) is 43.2 Å². The summed E-state index contributed by atoms with van der Waals surface area (Å²) in [7, 11) is 0. The molecule has 1 aromatic carbocycles. The molecule has 1 aromatic heterocycles. The van der Waals surface area contributed by atoms with Gasteiger partial charge in [-0.25, -0.2) is 4.98 Å². The Morgan fingerprint density at radius 3 is 2.65 bits per heavy atom. The summed E-state index contributed by atoms with van der Waals surface area (Å²) in [5, 5.41) is 0. The molecular formula is C17H23ClN2. The van der Waals surface area contributed by atoms with Crippen molar-refractivity contribution in [1.29, 1.82) is 0 Å². The number of imidazole rings is 1. The van der Waals surface area contributed by atoms with Crippen LogP contribution >= 0.6 is 11.6 Å². The maximum Gasteiger partial charge on any atom is 0.125 e. The van der Waals surface area contributed by atoms with Crippen molar-refractivity contribution in [3.63, 3.8) is 0 Å². The summed E-state index contributed by atoms with van der Waals surface area (Å²) in [4.78, 5) is 4.72. The van der Waals surface area contributed by atoms with E-state index in [2.05, 4.69) is 36.6 Å². The summed E-state index contributed by atoms with van der Waals surface area (Å²) in [5.74, 6) is 2.45. The Labute approximate surface area is 126 Å². The van der Waals surface area contributed by atoms with Gasteiger partial charge in [-0.05, 0) is 56.2 Å². The van der Waals surface area contributed by atoms with Crippen LogP contribution in [0.25, 0.3) is 11.0 Å². The highest BCUT2D eigenvalue weighted by Crippen LogP contribution is 2.36. The molecule has 0 atom stereocenters. The number of hydrogen-bond acceptors (Lipinski definition) is 1. The Morgan fingerprint density at radius 2 is 2.00 bits per heavy atom. The maximum atomic E-state index is 6.14. The lowest BCUT2D eigenvalue weighted by Gasteiger charge is -2.30. The van der Waals surface area contributed by atoms with Crippen molar-refractivity contribution in [2.45, 2.75) is 57.9 Å². The molecule has 1 aliphatic carbocycles. The molecule has 0 amide bonds. The van der Waals surface area contributed by atoms with E-state index >= 15 is 0 Å². The molecule has 3 rings (SSSR count). The highest BCUT2D eigenvalue weighted by molar-refractivity contribution is 6.16. The summed E-state index contributed by atoms with van der Waals surface area (Å²) in [6.07, 6.45) is 6.53. The second-order valence-corrected chi connectivity index (χ2v) is 6.37. The number of nitrogens with zero attached hydrogens (tertiary/aromatic N) is 2. The van der Waals surface area contributed by atoms with Crippen LogP contribution in [-0.4, -0.2) is 9.55 Å². The van der Waals surface area contributed by atoms with Crippen molar-refractivity contribution in [2.75, 3.05) is 0 Å². The van der Waals surface area contributed by atoms with Gasteiger partial charge in [0.1, 0.15) is 5.82 Å². The molecule has 0 radical (unpaired) electrons. The molecule has 1 heterocycles. The molecule has 3 heteroatoms. The quantitative estimate of drug-likeness (QED) is 0.708. The van der Waals surface area contributed by atoms with Crippen molar-refractivity contribution in [1.82, 2.24) is 9.55 Å². The van der Waals surface area contributed by atoms with Gasteiger partial charge in [0.15, 0.2) is 0 Å². The van der Waals surface area contributed by atoms with E-state index < -0.39 is 0 Å². The normalized spacial score (nSPS) is 23.4. The highest BCUT2D eigenvalue weighted by atomic mass is 35.5. The van der Waals surface area contributed by atoms with Crippen molar-refractivity contribution >= 4 is 22.6 Å². The van der Waals surface area contributed by atoms with Gasteiger partial charge in [0, 0.05) is 6.04 Å². The summed E-state index contributed by atoms with van der Waals surface area (Å²) in [5.41, 5.74) is 3.64. The highest BCUT2D eigenvalue weighted by Gasteiger charge is 2.24. The van der Waals surface area contributed by atoms with Crippen molar-refractivity contribution in [3.05, 3.63) is 29.6 Å². The molecule has 0 aliphatic heterocycles. The zero-order valence-corrected chi connectivity index (χ0v) is 13.2. The van der Waals surface area contributed by atoms with Crippen LogP contribution in [0.15, 0.2) is 18.2 Å². The number of alkyl halides is 1. The van der Waals surface area contributed by atoms with Gasteiger partial charge in [0.25, 0.3) is 0 Å². The van der Waals surface area contributed by atoms with Crippen LogP contribution in [0.1, 0.15) is 56.5 Å². The van der Waals surface area contributed by atoms with Gasteiger partial charge in [0.2, 0.25) is 0 Å². The molecule has 2 nitrogen and oxygen atoms in total. The number of aryl methyl sites for hydroxylation is 1. The molecular weight excluding hydrogens is 268 g/mol. The van der Waals surface area contributed by atoms with Crippen LogP contribution in [-0.2, 0) is 5.88 Å². The van der Waals surface area contributed by atoms with E-state index in [1.54, 1.807) is 0 Å². The number of halogens is 1. The van der Waals surface area contributed by atoms with Gasteiger partial charge in [-0.2, -0.15) is 0 Å². The van der Waals surface area contributed by atoms with Gasteiger partial charge >= 0.3 is 0 Å². The summed E-state index contributed by atoms with van der Waals surface area (Å²) >= 11 is 6.14. The van der Waals surface area contributed by atoms with E-state index in [-0.39, 0.29) is 0 Å². The standard InChI is InChI=1S/C17H23ClN2/c1-3-13-5-7-14(8-6-13)20-16-10-12(2)4-9-15(16)19-17(20)11-18/h4,9-10,13-14H,3,5-8,11H2,1-2H3. The average molecular weight is 291 g/mol. The minimum Gasteiger partial charge on any atom is -0.324 e. The summed E-state index contributed by atoms with van der Waals surface area (Å²) in [6, 6.07) is 7.09. The Hall–Kier alpha value is -1.02. The molecule has 0 spiro atoms. The number of rotatable bonds is 3. The molecule has 0 N–H and O–H groups in total. The second kappa shape index (κ2) is 5.77. The molecule has 1 fully saturated rings. The summed E-state index contributed by atoms with van der Waals surface area (Å²) < 4.78 is 2.42. The predicted molar refractivity (Wildman–Crippen MR) is 85.3 cm³/mol. The zero-order valence-electron chi connectivity index (χ0n) is 12.4. The maximum absolute atomic E-state index is 6.14. The van der Waals surface area contributed by atoms with Crippen molar-refractivity contribution in [2.24, 2.45) is 5.92 Å². The first-order valence-electron chi connectivity index (χ1n) is 7.76. The SMILES string of the molecule is CCC1CCC(n2c(CCl)nc3ccc(C)cc32)CC1. The summed E-state index contributed by atoms with van der Waals surface area (Å²) in [6.45, 7) is 4.45. The van der Waals surface area contributed by atoms with E-state index in [1.807, 2.05) is 0 Å². The van der Waals surface area contributed by atoms with Crippen molar-refractivity contribution < 1.29 is 0 Å². The van der Waals surface area contributed by atoms with Crippen LogP contribution in [0.3, 0.4) is 0 Å². The lowest BCUT2D eigenvalue weighted by atomic mass is 9.84. The van der Waals surface area contributed by atoms with Gasteiger partial charge in [-0.1, -0.05) is 19.4 Å². The Kier molecular flexibility index (Phi) is 4.02. The molecule has 1 saturated carbocycles. The first-order valence-corrected chi connectivity index (χ1v) is 8.29. The van der Waals surface area contributed by atoms with Crippen molar-refractivity contribution in [3.8, 4) is 0 Å². The lowest BCUT2D eigenvalue weighted by molar-refractivity contribution is 0.270. The largest absolute Gasteiger partial charge is 0.324 e. The number of benzene rings is 1. The molecule has 108 valence electrons. The number of fused-ring (bicyclic) bond motifs is 1. The molecule has 0 unspecified atom stereocenters. The third-order valence-corrected chi connectivity index (χ3v) is 5.04. The van der Waals surface area contributed by atoms with E-state index in [4.69, 9.17) is 16.6 Å². The Morgan fingerprint density at radius 1 is 1.25 bits per heavy atom. The smallest absolute Gasteiger partial charge is 0.125 e. The fourth-order valence-corrected chi connectivity index (χ4v) is 3.75. The molecule has 1 aliphatic rings. The monoisotopic (exact) mass is 290 g/mol. The average Bonchev–Trinajstić information content (AvgIpc) is 2.85. The van der Waals surface area contributed by atoms with E-state index in [0.717, 1.165) is 17.3 Å². The minimum absolute atomic E-state index is 0.501. The predicted octanol–water partition coefficient (Wildman–Crippen LogP) is 5.22. The van der Waals surface area contributed by atoms with Crippen LogP contribution < -0.4 is 0 Å². The zero-order chi connectivity index (χ0) is 14.1. The Balaban J connectivity index is 1.99. The lowest BCUT2D eigenvalue weighted by Crippen LogP contribution is -2.19. The topological polar surface area (TPSA) is 17.8 Å². The molecule has 20 heavy (non-hydrogen) atoms. The number of aromatic nitrogens is 2. The van der Waals surface area contributed by atoms with Crippen LogP contribution in [0.5, 0.6) is 0 Å². The minimum atomic E-state index is 0.501. The van der Waals surface area contributed by atoms with Gasteiger partial charge in [-0.15, -0.1) is 11.6 Å². The van der Waals surface area contributed by atoms with Gasteiger partial charge in [-0.3, -0.25) is 0 Å². The first kappa shape index (κ1) is 13.9. The van der Waals surface area contributed by atoms with Gasteiger partial charge < -0.3 is 4.57 Å². The van der Waals surface area contributed by atoms with Crippen LogP contribution in [0, 0.1) is 12.8 Å². The third kappa shape index (κ3) is 2.46. The van der Waals surface area contributed by atoms with E-state index in [9.17, 15) is 0 Å². The molecule has 0 bridgehead atoms. The van der Waals surface area contributed by atoms with Crippen LogP contribution in [0.4, 0.5) is 0 Å².